The Morgan fingerprint density at radius 1 is 1.44 bits per heavy atom. The van der Waals surface area contributed by atoms with Gasteiger partial charge in [0, 0.05) is 12.3 Å². The van der Waals surface area contributed by atoms with Crippen LogP contribution in [0.15, 0.2) is 30.6 Å². The second kappa shape index (κ2) is 5.43. The van der Waals surface area contributed by atoms with Gasteiger partial charge in [-0.2, -0.15) is 4.58 Å². The standard InChI is InChI=1S/C19H16FN5O2/c1-25-14-6-10(20)2-3-11(14)16(25)13-8-22-17-15(23-13)12(7-21-17)18(27)24-19(9-26)4-5-19/h2-3,6-8,26H,4-5,9H2,1H3,(H,24,27)/p+1. The molecular weight excluding hydrogens is 349 g/mol. The molecule has 1 aliphatic carbocycles. The van der Waals surface area contributed by atoms with Crippen molar-refractivity contribution < 1.29 is 18.9 Å². The average Bonchev–Trinajstić information content (AvgIpc) is 3.31. The number of carbonyl (C=O) groups excluding carboxylic acids is 1. The summed E-state index contributed by atoms with van der Waals surface area (Å²) in [5.41, 5.74) is 4.00. The molecule has 0 spiro atoms. The molecule has 2 aliphatic rings. The number of aliphatic hydroxyl groups excluding tert-OH is 1. The normalized spacial score (nSPS) is 16.9. The SMILES string of the molecule is C[N+]1=C(c2cnc3[nH]cc(C(=O)NC4(CO)CC4)c3n2)c2ccc(F)cc21. The van der Waals surface area contributed by atoms with Crippen molar-refractivity contribution in [1.82, 2.24) is 20.3 Å². The third kappa shape index (κ3) is 2.37. The summed E-state index contributed by atoms with van der Waals surface area (Å²) >= 11 is 0. The van der Waals surface area contributed by atoms with Crippen molar-refractivity contribution in [2.75, 3.05) is 13.7 Å². The number of carbonyl (C=O) groups is 1. The van der Waals surface area contributed by atoms with Crippen molar-refractivity contribution >= 4 is 28.5 Å². The molecule has 136 valence electrons. The largest absolute Gasteiger partial charge is 0.394 e. The van der Waals surface area contributed by atoms with Crippen molar-refractivity contribution in [1.29, 1.82) is 0 Å². The Labute approximate surface area is 153 Å². The number of rotatable bonds is 4. The van der Waals surface area contributed by atoms with Gasteiger partial charge >= 0.3 is 0 Å². The topological polar surface area (TPSA) is 93.9 Å². The minimum atomic E-state index is -0.502. The summed E-state index contributed by atoms with van der Waals surface area (Å²) in [5, 5.41) is 12.3. The first-order valence-corrected chi connectivity index (χ1v) is 8.70. The fourth-order valence-corrected chi connectivity index (χ4v) is 3.50. The summed E-state index contributed by atoms with van der Waals surface area (Å²) in [4.78, 5) is 24.6. The van der Waals surface area contributed by atoms with E-state index in [1.54, 1.807) is 18.5 Å². The summed E-state index contributed by atoms with van der Waals surface area (Å²) in [5.74, 6) is -0.572. The third-order valence-corrected chi connectivity index (χ3v) is 5.31. The van der Waals surface area contributed by atoms with E-state index in [-0.39, 0.29) is 18.3 Å². The Balaban J connectivity index is 1.54. The van der Waals surface area contributed by atoms with E-state index >= 15 is 0 Å². The molecule has 1 fully saturated rings. The molecule has 3 N–H and O–H groups in total. The lowest BCUT2D eigenvalue weighted by Crippen LogP contribution is -2.39. The van der Waals surface area contributed by atoms with Crippen LogP contribution in [0.2, 0.25) is 0 Å². The van der Waals surface area contributed by atoms with Gasteiger partial charge in [-0.25, -0.2) is 14.4 Å². The number of benzene rings is 1. The van der Waals surface area contributed by atoms with Gasteiger partial charge in [0.2, 0.25) is 11.4 Å². The molecule has 5 rings (SSSR count). The molecule has 0 bridgehead atoms. The summed E-state index contributed by atoms with van der Waals surface area (Å²) in [6.07, 6.45) is 4.75. The fourth-order valence-electron chi connectivity index (χ4n) is 3.50. The minimum Gasteiger partial charge on any atom is -0.394 e. The maximum atomic E-state index is 13.4. The minimum absolute atomic E-state index is 0.0753. The van der Waals surface area contributed by atoms with Gasteiger partial charge in [0.15, 0.2) is 11.3 Å². The van der Waals surface area contributed by atoms with E-state index in [2.05, 4.69) is 20.3 Å². The molecule has 1 aromatic carbocycles. The summed E-state index contributed by atoms with van der Waals surface area (Å²) < 4.78 is 15.3. The number of fused-ring (bicyclic) bond motifs is 2. The first kappa shape index (κ1) is 16.1. The quantitative estimate of drug-likeness (QED) is 0.610. The van der Waals surface area contributed by atoms with Gasteiger partial charge in [-0.05, 0) is 25.0 Å². The van der Waals surface area contributed by atoms with E-state index in [0.29, 0.717) is 22.4 Å². The van der Waals surface area contributed by atoms with Crippen LogP contribution in [0.3, 0.4) is 0 Å². The molecule has 8 heteroatoms. The number of nitrogens with zero attached hydrogens (tertiary/aromatic N) is 3. The lowest BCUT2D eigenvalue weighted by Gasteiger charge is -2.16. The maximum Gasteiger partial charge on any atom is 0.255 e. The van der Waals surface area contributed by atoms with E-state index in [1.807, 2.05) is 11.6 Å². The molecule has 0 radical (unpaired) electrons. The van der Waals surface area contributed by atoms with Gasteiger partial charge in [0.1, 0.15) is 23.9 Å². The van der Waals surface area contributed by atoms with E-state index < -0.39 is 5.54 Å². The van der Waals surface area contributed by atoms with Crippen LogP contribution >= 0.6 is 0 Å². The molecule has 1 aliphatic heterocycles. The zero-order valence-corrected chi connectivity index (χ0v) is 14.6. The highest BCUT2D eigenvalue weighted by molar-refractivity contribution is 6.16. The van der Waals surface area contributed by atoms with Crippen LogP contribution in [-0.2, 0) is 0 Å². The van der Waals surface area contributed by atoms with Crippen molar-refractivity contribution in [2.45, 2.75) is 18.4 Å². The van der Waals surface area contributed by atoms with Crippen molar-refractivity contribution in [3.05, 3.63) is 53.2 Å². The average molecular weight is 366 g/mol. The molecule has 0 unspecified atom stereocenters. The smallest absolute Gasteiger partial charge is 0.255 e. The second-order valence-electron chi connectivity index (χ2n) is 7.12. The van der Waals surface area contributed by atoms with Crippen molar-refractivity contribution in [3.63, 3.8) is 0 Å². The van der Waals surface area contributed by atoms with Crippen LogP contribution in [0.4, 0.5) is 10.1 Å². The van der Waals surface area contributed by atoms with Gasteiger partial charge in [-0.1, -0.05) is 0 Å². The molecule has 1 saturated carbocycles. The molecule has 0 saturated heterocycles. The number of aromatic nitrogens is 3. The zero-order chi connectivity index (χ0) is 18.8. The Kier molecular flexibility index (Phi) is 3.23. The van der Waals surface area contributed by atoms with Crippen LogP contribution in [0, 0.1) is 5.82 Å². The first-order chi connectivity index (χ1) is 13.0. The number of nitrogens with one attached hydrogen (secondary N) is 2. The van der Waals surface area contributed by atoms with Gasteiger partial charge < -0.3 is 15.4 Å². The van der Waals surface area contributed by atoms with Crippen LogP contribution in [0.25, 0.3) is 11.2 Å². The number of H-pyrrole nitrogens is 1. The van der Waals surface area contributed by atoms with Gasteiger partial charge in [-0.15, -0.1) is 0 Å². The first-order valence-electron chi connectivity index (χ1n) is 8.70. The maximum absolute atomic E-state index is 13.4. The predicted molar refractivity (Wildman–Crippen MR) is 95.9 cm³/mol. The van der Waals surface area contributed by atoms with Crippen LogP contribution < -0.4 is 5.32 Å². The highest BCUT2D eigenvalue weighted by Gasteiger charge is 2.44. The Morgan fingerprint density at radius 3 is 3.00 bits per heavy atom. The molecule has 3 aromatic rings. The highest BCUT2D eigenvalue weighted by Crippen LogP contribution is 2.35. The number of halogens is 1. The molecular formula is C19H17FN5O2+. The molecule has 7 nitrogen and oxygen atoms in total. The van der Waals surface area contributed by atoms with E-state index in [4.69, 9.17) is 0 Å². The molecule has 0 atom stereocenters. The fraction of sp³-hybridized carbons (Fsp3) is 0.263. The molecule has 2 aromatic heterocycles. The molecule has 3 heterocycles. The lowest BCUT2D eigenvalue weighted by atomic mass is 9.98. The van der Waals surface area contributed by atoms with Gasteiger partial charge in [0.05, 0.1) is 23.9 Å². The molecule has 1 amide bonds. The number of aromatic amines is 1. The zero-order valence-electron chi connectivity index (χ0n) is 14.6. The predicted octanol–water partition coefficient (Wildman–Crippen LogP) is 1.48. The second-order valence-corrected chi connectivity index (χ2v) is 7.12. The van der Waals surface area contributed by atoms with Crippen LogP contribution in [0.1, 0.15) is 34.5 Å². The van der Waals surface area contributed by atoms with E-state index in [0.717, 1.165) is 29.8 Å². The number of aliphatic hydroxyl groups is 1. The Hall–Kier alpha value is -3.13. The van der Waals surface area contributed by atoms with Gasteiger partial charge in [0.25, 0.3) is 5.91 Å². The summed E-state index contributed by atoms with van der Waals surface area (Å²) in [6, 6.07) is 4.61. The van der Waals surface area contributed by atoms with Gasteiger partial charge in [-0.3, -0.25) is 4.79 Å². The van der Waals surface area contributed by atoms with E-state index in [1.165, 1.54) is 12.1 Å². The number of hydrogen-bond acceptors (Lipinski definition) is 4. The summed E-state index contributed by atoms with van der Waals surface area (Å²) in [7, 11) is 1.84. The lowest BCUT2D eigenvalue weighted by molar-refractivity contribution is -0.417. The highest BCUT2D eigenvalue weighted by atomic mass is 19.1. The Morgan fingerprint density at radius 2 is 2.26 bits per heavy atom. The number of amides is 1. The molecule has 27 heavy (non-hydrogen) atoms. The van der Waals surface area contributed by atoms with Crippen LogP contribution in [-0.4, -0.2) is 55.4 Å². The van der Waals surface area contributed by atoms with Crippen molar-refractivity contribution in [3.8, 4) is 0 Å². The third-order valence-electron chi connectivity index (χ3n) is 5.31. The monoisotopic (exact) mass is 366 g/mol. The summed E-state index contributed by atoms with van der Waals surface area (Å²) in [6.45, 7) is -0.0753. The van der Waals surface area contributed by atoms with Crippen molar-refractivity contribution in [2.24, 2.45) is 0 Å². The van der Waals surface area contributed by atoms with Crippen LogP contribution in [0.5, 0.6) is 0 Å². The number of hydrogen-bond donors (Lipinski definition) is 3. The van der Waals surface area contributed by atoms with E-state index in [9.17, 15) is 14.3 Å². The Bertz CT molecular complexity index is 1150.